The van der Waals surface area contributed by atoms with E-state index in [2.05, 4.69) is 0 Å². The van der Waals surface area contributed by atoms with Crippen LogP contribution in [0.15, 0.2) is 53.4 Å². The second-order valence-corrected chi connectivity index (χ2v) is 7.97. The first-order chi connectivity index (χ1) is 15.3. The van der Waals surface area contributed by atoms with E-state index in [1.54, 1.807) is 56.3 Å². The van der Waals surface area contributed by atoms with Gasteiger partial charge < -0.3 is 14.2 Å². The molecule has 0 unspecified atom stereocenters. The van der Waals surface area contributed by atoms with Crippen molar-refractivity contribution in [3.05, 3.63) is 64.6 Å². The third kappa shape index (κ3) is 5.55. The molecule has 166 valence electrons. The predicted molar refractivity (Wildman–Crippen MR) is 118 cm³/mol. The summed E-state index contributed by atoms with van der Waals surface area (Å²) >= 11 is 0.728. The fourth-order valence-electron chi connectivity index (χ4n) is 2.81. The summed E-state index contributed by atoms with van der Waals surface area (Å²) in [5, 5.41) is -0.553. The van der Waals surface area contributed by atoms with Gasteiger partial charge in [-0.1, -0.05) is 24.3 Å². The molecule has 32 heavy (non-hydrogen) atoms. The Morgan fingerprint density at radius 3 is 2.44 bits per heavy atom. The van der Waals surface area contributed by atoms with Crippen molar-refractivity contribution in [1.82, 2.24) is 4.90 Å². The number of methoxy groups -OCH3 is 1. The number of carbonyl (C=O) groups excluding carboxylic acids is 4. The Hall–Kier alpha value is -3.59. The van der Waals surface area contributed by atoms with Crippen LogP contribution in [-0.4, -0.2) is 47.7 Å². The number of carbonyl (C=O) groups is 4. The maximum atomic E-state index is 12.6. The Balaban J connectivity index is 1.75. The molecule has 1 heterocycles. The highest BCUT2D eigenvalue weighted by Gasteiger charge is 2.36. The Morgan fingerprint density at radius 1 is 1.06 bits per heavy atom. The highest BCUT2D eigenvalue weighted by Crippen LogP contribution is 2.34. The molecule has 9 heteroatoms. The van der Waals surface area contributed by atoms with Crippen molar-refractivity contribution in [3.63, 3.8) is 0 Å². The van der Waals surface area contributed by atoms with Gasteiger partial charge in [-0.25, -0.2) is 4.79 Å². The molecule has 2 aromatic rings. The fourth-order valence-corrected chi connectivity index (χ4v) is 3.65. The van der Waals surface area contributed by atoms with Gasteiger partial charge in [0.05, 0.1) is 23.7 Å². The number of amides is 2. The molecule has 0 N–H and O–H groups in total. The Kier molecular flexibility index (Phi) is 7.32. The van der Waals surface area contributed by atoms with Crippen LogP contribution in [0.4, 0.5) is 4.79 Å². The average molecular weight is 455 g/mol. The summed E-state index contributed by atoms with van der Waals surface area (Å²) in [5.41, 5.74) is 0.944. The van der Waals surface area contributed by atoms with Gasteiger partial charge in [-0.15, -0.1) is 0 Å². The molecule has 1 aliphatic rings. The zero-order chi connectivity index (χ0) is 23.3. The highest BCUT2D eigenvalue weighted by molar-refractivity contribution is 8.18. The average Bonchev–Trinajstić information content (AvgIpc) is 3.02. The van der Waals surface area contributed by atoms with E-state index in [0.717, 1.165) is 16.7 Å². The van der Waals surface area contributed by atoms with Crippen molar-refractivity contribution in [2.75, 3.05) is 13.7 Å². The van der Waals surface area contributed by atoms with Crippen LogP contribution in [0.5, 0.6) is 11.5 Å². The van der Waals surface area contributed by atoms with Crippen LogP contribution in [0.1, 0.15) is 29.8 Å². The SMILES string of the molecule is COc1cc(/C=C2\SC(=O)N(CC(=O)OC(C)C)C2=O)ccc1OC(=O)c1ccccc1. The van der Waals surface area contributed by atoms with E-state index < -0.39 is 29.6 Å². The minimum absolute atomic E-state index is 0.156. The summed E-state index contributed by atoms with van der Waals surface area (Å²) < 4.78 is 15.7. The van der Waals surface area contributed by atoms with E-state index in [1.807, 2.05) is 0 Å². The fraction of sp³-hybridized carbons (Fsp3) is 0.217. The van der Waals surface area contributed by atoms with Gasteiger partial charge in [0.2, 0.25) is 0 Å². The molecule has 3 rings (SSSR count). The van der Waals surface area contributed by atoms with Crippen molar-refractivity contribution < 1.29 is 33.4 Å². The second kappa shape index (κ2) is 10.1. The van der Waals surface area contributed by atoms with Crippen LogP contribution in [0, 0.1) is 0 Å². The van der Waals surface area contributed by atoms with Crippen LogP contribution in [0.25, 0.3) is 6.08 Å². The van der Waals surface area contributed by atoms with E-state index in [1.165, 1.54) is 19.3 Å². The number of rotatable bonds is 7. The monoisotopic (exact) mass is 455 g/mol. The van der Waals surface area contributed by atoms with Crippen molar-refractivity contribution >= 4 is 40.9 Å². The molecular weight excluding hydrogens is 434 g/mol. The first-order valence-electron chi connectivity index (χ1n) is 9.68. The molecule has 0 bridgehead atoms. The number of esters is 2. The summed E-state index contributed by atoms with van der Waals surface area (Å²) in [7, 11) is 1.42. The second-order valence-electron chi connectivity index (χ2n) is 6.97. The maximum absolute atomic E-state index is 12.6. The van der Waals surface area contributed by atoms with E-state index in [0.29, 0.717) is 11.1 Å². The van der Waals surface area contributed by atoms with Gasteiger partial charge in [0, 0.05) is 0 Å². The Morgan fingerprint density at radius 2 is 1.78 bits per heavy atom. The Bertz CT molecular complexity index is 1080. The molecule has 0 spiro atoms. The van der Waals surface area contributed by atoms with E-state index >= 15 is 0 Å². The third-order valence-corrected chi connectivity index (χ3v) is 5.13. The molecule has 0 aromatic heterocycles. The number of benzene rings is 2. The maximum Gasteiger partial charge on any atom is 0.343 e. The molecule has 1 fully saturated rings. The summed E-state index contributed by atoms with van der Waals surface area (Å²) in [6.45, 7) is 2.91. The molecule has 1 aliphatic heterocycles. The number of hydrogen-bond donors (Lipinski definition) is 0. The quantitative estimate of drug-likeness (QED) is 0.352. The summed E-state index contributed by atoms with van der Waals surface area (Å²) in [6, 6.07) is 13.3. The minimum Gasteiger partial charge on any atom is -0.493 e. The number of thioether (sulfide) groups is 1. The minimum atomic E-state index is -0.658. The predicted octanol–water partition coefficient (Wildman–Crippen LogP) is 3.90. The van der Waals surface area contributed by atoms with Crippen molar-refractivity contribution in [3.8, 4) is 11.5 Å². The summed E-state index contributed by atoms with van der Waals surface area (Å²) in [5.74, 6) is -1.29. The lowest BCUT2D eigenvalue weighted by Crippen LogP contribution is -2.35. The number of ether oxygens (including phenoxy) is 3. The van der Waals surface area contributed by atoms with Crippen LogP contribution >= 0.6 is 11.8 Å². The summed E-state index contributed by atoms with van der Waals surface area (Å²) in [6.07, 6.45) is 1.16. The molecule has 0 radical (unpaired) electrons. The zero-order valence-corrected chi connectivity index (χ0v) is 18.5. The van der Waals surface area contributed by atoms with Crippen molar-refractivity contribution in [2.45, 2.75) is 20.0 Å². The largest absolute Gasteiger partial charge is 0.493 e. The number of imide groups is 1. The normalized spacial score (nSPS) is 14.8. The van der Waals surface area contributed by atoms with Crippen molar-refractivity contribution in [1.29, 1.82) is 0 Å². The molecule has 0 saturated carbocycles. The lowest BCUT2D eigenvalue weighted by molar-refractivity contribution is -0.149. The van der Waals surface area contributed by atoms with Gasteiger partial charge in [-0.3, -0.25) is 19.3 Å². The molecule has 2 amide bonds. The van der Waals surface area contributed by atoms with Crippen LogP contribution in [-0.2, 0) is 14.3 Å². The van der Waals surface area contributed by atoms with Crippen LogP contribution < -0.4 is 9.47 Å². The number of hydrogen-bond acceptors (Lipinski definition) is 8. The zero-order valence-electron chi connectivity index (χ0n) is 17.7. The Labute approximate surface area is 189 Å². The standard InChI is InChI=1S/C23H21NO7S/c1-14(2)30-20(25)13-24-21(26)19(32-23(24)28)12-15-9-10-17(18(11-15)29-3)31-22(27)16-7-5-4-6-8-16/h4-12,14H,13H2,1-3H3/b19-12-. The molecule has 2 aromatic carbocycles. The topological polar surface area (TPSA) is 99.2 Å². The van der Waals surface area contributed by atoms with Gasteiger partial charge in [0.1, 0.15) is 6.54 Å². The molecule has 0 aliphatic carbocycles. The first kappa shape index (κ1) is 23.1. The van der Waals surface area contributed by atoms with Gasteiger partial charge >= 0.3 is 11.9 Å². The van der Waals surface area contributed by atoms with E-state index in [9.17, 15) is 19.2 Å². The van der Waals surface area contributed by atoms with Gasteiger partial charge in [0.25, 0.3) is 11.1 Å². The van der Waals surface area contributed by atoms with E-state index in [-0.39, 0.29) is 22.5 Å². The lowest BCUT2D eigenvalue weighted by Gasteiger charge is -2.13. The smallest absolute Gasteiger partial charge is 0.343 e. The lowest BCUT2D eigenvalue weighted by atomic mass is 10.1. The summed E-state index contributed by atoms with van der Waals surface area (Å²) in [4.78, 5) is 49.9. The third-order valence-electron chi connectivity index (χ3n) is 4.23. The van der Waals surface area contributed by atoms with Gasteiger partial charge in [0.15, 0.2) is 11.5 Å². The van der Waals surface area contributed by atoms with Crippen molar-refractivity contribution in [2.24, 2.45) is 0 Å². The molecule has 0 atom stereocenters. The van der Waals surface area contributed by atoms with E-state index in [4.69, 9.17) is 14.2 Å². The molecule has 1 saturated heterocycles. The van der Waals surface area contributed by atoms with Crippen LogP contribution in [0.3, 0.4) is 0 Å². The first-order valence-corrected chi connectivity index (χ1v) is 10.5. The van der Waals surface area contributed by atoms with Gasteiger partial charge in [-0.2, -0.15) is 0 Å². The molecule has 8 nitrogen and oxygen atoms in total. The van der Waals surface area contributed by atoms with Crippen LogP contribution in [0.2, 0.25) is 0 Å². The highest BCUT2D eigenvalue weighted by atomic mass is 32.2. The number of nitrogens with zero attached hydrogens (tertiary/aromatic N) is 1. The molecular formula is C23H21NO7S. The van der Waals surface area contributed by atoms with Gasteiger partial charge in [-0.05, 0) is 61.5 Å².